The molecule has 2 heteroatoms. The van der Waals surface area contributed by atoms with Crippen molar-refractivity contribution in [1.82, 2.24) is 0 Å². The maximum absolute atomic E-state index is 12.4. The van der Waals surface area contributed by atoms with Crippen molar-refractivity contribution in [3.8, 4) is 0 Å². The summed E-state index contributed by atoms with van der Waals surface area (Å²) < 4.78 is 5.05. The second-order valence-electron chi connectivity index (χ2n) is 6.57. The summed E-state index contributed by atoms with van der Waals surface area (Å²) in [7, 11) is 1.45. The normalized spacial score (nSPS) is 19.1. The van der Waals surface area contributed by atoms with Gasteiger partial charge in [-0.3, -0.25) is 0 Å². The van der Waals surface area contributed by atoms with Crippen LogP contribution in [0.3, 0.4) is 0 Å². The highest BCUT2D eigenvalue weighted by Crippen LogP contribution is 2.53. The summed E-state index contributed by atoms with van der Waals surface area (Å²) in [5.74, 6) is 0.0244. The number of fused-ring (bicyclic) bond motifs is 1. The van der Waals surface area contributed by atoms with Crippen LogP contribution in [0.25, 0.3) is 5.57 Å². The first kappa shape index (κ1) is 15.6. The highest BCUT2D eigenvalue weighted by molar-refractivity contribution is 6.05. The molecular formula is C23H20O2. The molecule has 0 bridgehead atoms. The zero-order valence-corrected chi connectivity index (χ0v) is 14.5. The topological polar surface area (TPSA) is 26.3 Å². The minimum atomic E-state index is -0.258. The van der Waals surface area contributed by atoms with Gasteiger partial charge in [-0.15, -0.1) is 0 Å². The van der Waals surface area contributed by atoms with Crippen LogP contribution in [0.15, 0.2) is 89.0 Å². The van der Waals surface area contributed by atoms with Gasteiger partial charge in [0.05, 0.1) is 12.7 Å². The van der Waals surface area contributed by atoms with Crippen molar-refractivity contribution >= 4 is 11.5 Å². The molecular weight excluding hydrogens is 308 g/mol. The molecule has 124 valence electrons. The molecule has 0 amide bonds. The molecule has 0 aliphatic heterocycles. The molecule has 4 rings (SSSR count). The van der Waals surface area contributed by atoms with E-state index in [9.17, 15) is 4.79 Å². The quantitative estimate of drug-likeness (QED) is 0.736. The second-order valence-corrected chi connectivity index (χ2v) is 6.57. The van der Waals surface area contributed by atoms with Crippen LogP contribution in [0.4, 0.5) is 0 Å². The zero-order valence-electron chi connectivity index (χ0n) is 14.5. The molecule has 0 aromatic heterocycles. The lowest BCUT2D eigenvalue weighted by molar-refractivity contribution is -0.135. The van der Waals surface area contributed by atoms with Crippen LogP contribution >= 0.6 is 0 Å². The number of esters is 1. The maximum atomic E-state index is 12.4. The number of ether oxygens (including phenoxy) is 1. The van der Waals surface area contributed by atoms with Gasteiger partial charge in [0.15, 0.2) is 0 Å². The first-order chi connectivity index (χ1) is 12.2. The first-order valence-corrected chi connectivity index (χ1v) is 8.55. The molecule has 0 radical (unpaired) electrons. The molecule has 25 heavy (non-hydrogen) atoms. The molecule has 0 heterocycles. The number of hydrogen-bond donors (Lipinski definition) is 0. The predicted molar refractivity (Wildman–Crippen MR) is 100.0 cm³/mol. The van der Waals surface area contributed by atoms with Gasteiger partial charge in [0.1, 0.15) is 0 Å². The number of rotatable bonds is 3. The number of carbonyl (C=O) groups excluding carboxylic acids is 1. The smallest absolute Gasteiger partial charge is 0.338 e. The SMILES string of the molecule is COC(=O)C1=CC(c2ccccc2)=C2C1=C(C)CC2c1ccccc1. The van der Waals surface area contributed by atoms with Gasteiger partial charge in [-0.25, -0.2) is 4.79 Å². The standard InChI is InChI=1S/C23H20O2/c1-15-13-18(16-9-5-3-6-10-16)22-19(17-11-7-4-8-12-17)14-20(21(15)22)23(24)25-2/h3-12,14,18H,13H2,1-2H3. The van der Waals surface area contributed by atoms with Gasteiger partial charge in [0.25, 0.3) is 0 Å². The maximum Gasteiger partial charge on any atom is 0.338 e. The van der Waals surface area contributed by atoms with Crippen LogP contribution in [0.1, 0.15) is 30.4 Å². The summed E-state index contributed by atoms with van der Waals surface area (Å²) in [6, 6.07) is 20.8. The Morgan fingerprint density at radius 1 is 1.00 bits per heavy atom. The van der Waals surface area contributed by atoms with E-state index in [0.717, 1.165) is 23.1 Å². The predicted octanol–water partition coefficient (Wildman–Crippen LogP) is 5.06. The molecule has 1 atom stereocenters. The van der Waals surface area contributed by atoms with Crippen molar-refractivity contribution in [1.29, 1.82) is 0 Å². The second kappa shape index (κ2) is 6.21. The van der Waals surface area contributed by atoms with Gasteiger partial charge >= 0.3 is 5.97 Å². The van der Waals surface area contributed by atoms with Crippen molar-refractivity contribution in [2.45, 2.75) is 19.3 Å². The average molecular weight is 328 g/mol. The summed E-state index contributed by atoms with van der Waals surface area (Å²) in [6.45, 7) is 2.13. The minimum Gasteiger partial charge on any atom is -0.465 e. The van der Waals surface area contributed by atoms with E-state index in [-0.39, 0.29) is 11.9 Å². The number of methoxy groups -OCH3 is 1. The van der Waals surface area contributed by atoms with E-state index in [1.165, 1.54) is 23.8 Å². The third-order valence-electron chi connectivity index (χ3n) is 5.10. The van der Waals surface area contributed by atoms with Crippen molar-refractivity contribution in [2.24, 2.45) is 0 Å². The Kier molecular flexibility index (Phi) is 3.89. The lowest BCUT2D eigenvalue weighted by atomic mass is 9.87. The Bertz CT molecular complexity index is 915. The highest BCUT2D eigenvalue weighted by Gasteiger charge is 2.38. The summed E-state index contributed by atoms with van der Waals surface area (Å²) >= 11 is 0. The molecule has 2 aliphatic carbocycles. The fourth-order valence-electron chi connectivity index (χ4n) is 4.00. The largest absolute Gasteiger partial charge is 0.465 e. The van der Waals surface area contributed by atoms with Crippen LogP contribution in [-0.4, -0.2) is 13.1 Å². The Morgan fingerprint density at radius 2 is 1.64 bits per heavy atom. The van der Waals surface area contributed by atoms with Crippen molar-refractivity contribution < 1.29 is 9.53 Å². The van der Waals surface area contributed by atoms with Crippen LogP contribution in [0, 0.1) is 0 Å². The van der Waals surface area contributed by atoms with Crippen molar-refractivity contribution in [2.75, 3.05) is 7.11 Å². The van der Waals surface area contributed by atoms with Crippen LogP contribution < -0.4 is 0 Å². The minimum absolute atomic E-state index is 0.258. The van der Waals surface area contributed by atoms with Crippen LogP contribution in [-0.2, 0) is 9.53 Å². The lowest BCUT2D eigenvalue weighted by Gasteiger charge is -2.16. The third-order valence-corrected chi connectivity index (χ3v) is 5.10. The van der Waals surface area contributed by atoms with Gasteiger partial charge in [-0.05, 0) is 47.3 Å². The van der Waals surface area contributed by atoms with E-state index in [0.29, 0.717) is 5.57 Å². The van der Waals surface area contributed by atoms with Gasteiger partial charge in [-0.1, -0.05) is 66.2 Å². The van der Waals surface area contributed by atoms with Gasteiger partial charge in [0.2, 0.25) is 0 Å². The molecule has 0 N–H and O–H groups in total. The first-order valence-electron chi connectivity index (χ1n) is 8.55. The Morgan fingerprint density at radius 3 is 2.28 bits per heavy atom. The summed E-state index contributed by atoms with van der Waals surface area (Å²) in [6.07, 6.45) is 2.95. The molecule has 0 saturated heterocycles. The van der Waals surface area contributed by atoms with Crippen LogP contribution in [0.2, 0.25) is 0 Å². The van der Waals surface area contributed by atoms with E-state index in [2.05, 4.69) is 43.3 Å². The van der Waals surface area contributed by atoms with Gasteiger partial charge in [0, 0.05) is 5.92 Å². The van der Waals surface area contributed by atoms with Crippen molar-refractivity contribution in [3.05, 3.63) is 100 Å². The van der Waals surface area contributed by atoms with Gasteiger partial charge < -0.3 is 4.74 Å². The Hall–Kier alpha value is -2.87. The fourth-order valence-corrected chi connectivity index (χ4v) is 4.00. The van der Waals surface area contributed by atoms with Crippen molar-refractivity contribution in [3.63, 3.8) is 0 Å². The summed E-state index contributed by atoms with van der Waals surface area (Å²) in [4.78, 5) is 12.4. The van der Waals surface area contributed by atoms with E-state index >= 15 is 0 Å². The zero-order chi connectivity index (χ0) is 17.4. The van der Waals surface area contributed by atoms with Gasteiger partial charge in [-0.2, -0.15) is 0 Å². The van der Waals surface area contributed by atoms with E-state index in [4.69, 9.17) is 4.74 Å². The number of carbonyl (C=O) groups is 1. The molecule has 2 nitrogen and oxygen atoms in total. The number of hydrogen-bond acceptors (Lipinski definition) is 2. The average Bonchev–Trinajstić information content (AvgIpc) is 3.22. The monoisotopic (exact) mass is 328 g/mol. The Balaban J connectivity index is 1.91. The highest BCUT2D eigenvalue weighted by atomic mass is 16.5. The lowest BCUT2D eigenvalue weighted by Crippen LogP contribution is -2.06. The molecule has 0 fully saturated rings. The fraction of sp³-hybridized carbons (Fsp3) is 0.174. The summed E-state index contributed by atoms with van der Waals surface area (Å²) in [5.41, 5.74) is 7.86. The molecule has 2 aromatic carbocycles. The van der Waals surface area contributed by atoms with E-state index in [1.54, 1.807) is 0 Å². The third kappa shape index (κ3) is 2.54. The van der Waals surface area contributed by atoms with Crippen LogP contribution in [0.5, 0.6) is 0 Å². The molecule has 0 saturated carbocycles. The van der Waals surface area contributed by atoms with E-state index in [1.807, 2.05) is 30.3 Å². The molecule has 2 aliphatic rings. The number of allylic oxidation sites excluding steroid dienone is 4. The molecule has 2 aromatic rings. The molecule has 1 unspecified atom stereocenters. The Labute approximate surface area is 148 Å². The number of benzene rings is 2. The summed E-state index contributed by atoms with van der Waals surface area (Å²) in [5, 5.41) is 0. The molecule has 0 spiro atoms. The van der Waals surface area contributed by atoms with E-state index < -0.39 is 0 Å².